The molecule has 8 heteroatoms. The van der Waals surface area contributed by atoms with Crippen molar-refractivity contribution in [3.8, 4) is 0 Å². The number of nitrogens with two attached hydrogens (primary N) is 1. The zero-order valence-electron chi connectivity index (χ0n) is 10.9. The summed E-state index contributed by atoms with van der Waals surface area (Å²) in [5.41, 5.74) is 5.70. The average Bonchev–Trinajstić information content (AvgIpc) is 2.38. The number of benzene rings is 1. The van der Waals surface area contributed by atoms with Crippen LogP contribution in [0.5, 0.6) is 0 Å². The highest BCUT2D eigenvalue weighted by Gasteiger charge is 2.34. The van der Waals surface area contributed by atoms with E-state index < -0.39 is 16.1 Å². The van der Waals surface area contributed by atoms with Gasteiger partial charge in [0.1, 0.15) is 4.90 Å². The Kier molecular flexibility index (Phi) is 4.51. The largest absolute Gasteiger partial charge is 0.396 e. The van der Waals surface area contributed by atoms with Crippen LogP contribution in [0.4, 0.5) is 5.69 Å². The second-order valence-electron chi connectivity index (χ2n) is 4.97. The van der Waals surface area contributed by atoms with Crippen LogP contribution in [0, 0.1) is 5.92 Å². The van der Waals surface area contributed by atoms with Gasteiger partial charge in [-0.25, -0.2) is 8.42 Å². The Morgan fingerprint density at radius 1 is 1.40 bits per heavy atom. The van der Waals surface area contributed by atoms with Crippen LogP contribution in [0.15, 0.2) is 17.0 Å². The first-order valence-corrected chi connectivity index (χ1v) is 8.36. The van der Waals surface area contributed by atoms with Crippen molar-refractivity contribution in [2.75, 3.05) is 18.8 Å². The van der Waals surface area contributed by atoms with Crippen molar-refractivity contribution in [3.05, 3.63) is 22.2 Å². The fourth-order valence-corrected chi connectivity index (χ4v) is 4.34. The Labute approximate surface area is 128 Å². The minimum atomic E-state index is -3.79. The van der Waals surface area contributed by atoms with Crippen molar-refractivity contribution in [2.24, 2.45) is 5.92 Å². The lowest BCUT2D eigenvalue weighted by atomic mass is 9.98. The standard InChI is InChI=1S/C12H16Cl2N2O3S/c1-7-4-5-16(6-9(7)17)20(18,19)10-3-2-8(13)12(15)11(10)14/h2-3,7,9,17H,4-6,15H2,1H3. The summed E-state index contributed by atoms with van der Waals surface area (Å²) in [4.78, 5) is -0.0807. The first-order chi connectivity index (χ1) is 9.25. The summed E-state index contributed by atoms with van der Waals surface area (Å²) in [6.45, 7) is 2.30. The Morgan fingerprint density at radius 2 is 2.05 bits per heavy atom. The molecule has 0 bridgehead atoms. The van der Waals surface area contributed by atoms with E-state index in [4.69, 9.17) is 28.9 Å². The van der Waals surface area contributed by atoms with E-state index in [-0.39, 0.29) is 33.1 Å². The van der Waals surface area contributed by atoms with Gasteiger partial charge in [-0.05, 0) is 24.5 Å². The Hall–Kier alpha value is -0.530. The first kappa shape index (κ1) is 15.9. The molecule has 0 radical (unpaired) electrons. The number of nitrogen functional groups attached to an aromatic ring is 1. The highest BCUT2D eigenvalue weighted by atomic mass is 35.5. The Bertz CT molecular complexity index is 621. The van der Waals surface area contributed by atoms with Gasteiger partial charge in [-0.2, -0.15) is 4.31 Å². The van der Waals surface area contributed by atoms with Gasteiger partial charge in [0.25, 0.3) is 0 Å². The molecule has 1 fully saturated rings. The molecule has 1 aliphatic rings. The smallest absolute Gasteiger partial charge is 0.244 e. The highest BCUT2D eigenvalue weighted by molar-refractivity contribution is 7.89. The van der Waals surface area contributed by atoms with Gasteiger partial charge in [-0.1, -0.05) is 30.1 Å². The van der Waals surface area contributed by atoms with E-state index in [0.29, 0.717) is 13.0 Å². The van der Waals surface area contributed by atoms with Gasteiger partial charge in [0, 0.05) is 13.1 Å². The number of anilines is 1. The molecule has 112 valence electrons. The highest BCUT2D eigenvalue weighted by Crippen LogP contribution is 2.35. The zero-order valence-corrected chi connectivity index (χ0v) is 13.2. The van der Waals surface area contributed by atoms with Crippen LogP contribution < -0.4 is 5.73 Å². The lowest BCUT2D eigenvalue weighted by Gasteiger charge is -2.33. The molecule has 2 atom stereocenters. The molecule has 2 unspecified atom stereocenters. The van der Waals surface area contributed by atoms with E-state index in [0.717, 1.165) is 0 Å². The molecule has 1 saturated heterocycles. The van der Waals surface area contributed by atoms with Gasteiger partial charge in [0.15, 0.2) is 0 Å². The Balaban J connectivity index is 2.39. The molecule has 0 aliphatic carbocycles. The Morgan fingerprint density at radius 3 is 2.65 bits per heavy atom. The van der Waals surface area contributed by atoms with E-state index in [2.05, 4.69) is 0 Å². The van der Waals surface area contributed by atoms with Crippen LogP contribution in [0.3, 0.4) is 0 Å². The van der Waals surface area contributed by atoms with Gasteiger partial charge >= 0.3 is 0 Å². The number of aliphatic hydroxyl groups is 1. The number of sulfonamides is 1. The summed E-state index contributed by atoms with van der Waals surface area (Å²) in [5, 5.41) is 9.97. The van der Waals surface area contributed by atoms with Gasteiger partial charge in [0.2, 0.25) is 10.0 Å². The van der Waals surface area contributed by atoms with E-state index >= 15 is 0 Å². The van der Waals surface area contributed by atoms with Crippen molar-refractivity contribution >= 4 is 38.9 Å². The minimum Gasteiger partial charge on any atom is -0.396 e. The molecule has 5 nitrogen and oxygen atoms in total. The molecular formula is C12H16Cl2N2O3S. The minimum absolute atomic E-state index is 0.0420. The third kappa shape index (κ3) is 2.76. The first-order valence-electron chi connectivity index (χ1n) is 6.17. The summed E-state index contributed by atoms with van der Waals surface area (Å²) in [7, 11) is -3.79. The summed E-state index contributed by atoms with van der Waals surface area (Å²) < 4.78 is 26.3. The predicted octanol–water partition coefficient (Wildman–Crippen LogP) is 1.97. The second kappa shape index (κ2) is 5.69. The molecular weight excluding hydrogens is 323 g/mol. The van der Waals surface area contributed by atoms with Gasteiger partial charge < -0.3 is 10.8 Å². The lowest BCUT2D eigenvalue weighted by Crippen LogP contribution is -2.45. The van der Waals surface area contributed by atoms with Crippen LogP contribution in [0.25, 0.3) is 0 Å². The molecule has 0 saturated carbocycles. The fraction of sp³-hybridized carbons (Fsp3) is 0.500. The van der Waals surface area contributed by atoms with Crippen molar-refractivity contribution in [1.82, 2.24) is 4.31 Å². The number of aliphatic hydroxyl groups excluding tert-OH is 1. The number of rotatable bonds is 2. The fourth-order valence-electron chi connectivity index (χ4n) is 2.13. The second-order valence-corrected chi connectivity index (χ2v) is 7.66. The van der Waals surface area contributed by atoms with Crippen LogP contribution in [0.2, 0.25) is 10.0 Å². The van der Waals surface area contributed by atoms with Gasteiger partial charge in [-0.15, -0.1) is 0 Å². The quantitative estimate of drug-likeness (QED) is 0.807. The topological polar surface area (TPSA) is 83.6 Å². The third-order valence-electron chi connectivity index (χ3n) is 3.59. The molecule has 0 spiro atoms. The van der Waals surface area contributed by atoms with Gasteiger partial charge in [0.05, 0.1) is 21.8 Å². The zero-order chi connectivity index (χ0) is 15.1. The maximum absolute atomic E-state index is 12.6. The van der Waals surface area contributed by atoms with Crippen molar-refractivity contribution in [3.63, 3.8) is 0 Å². The maximum Gasteiger partial charge on any atom is 0.244 e. The molecule has 20 heavy (non-hydrogen) atoms. The molecule has 1 heterocycles. The van der Waals surface area contributed by atoms with E-state index in [1.807, 2.05) is 6.92 Å². The normalized spacial score (nSPS) is 24.8. The van der Waals surface area contributed by atoms with Crippen molar-refractivity contribution in [1.29, 1.82) is 0 Å². The van der Waals surface area contributed by atoms with E-state index in [9.17, 15) is 13.5 Å². The summed E-state index contributed by atoms with van der Waals surface area (Å²) in [5.74, 6) is 0.0761. The SMILES string of the molecule is CC1CCN(S(=O)(=O)c2ccc(Cl)c(N)c2Cl)CC1O. The molecule has 0 aromatic heterocycles. The maximum atomic E-state index is 12.6. The number of hydrogen-bond acceptors (Lipinski definition) is 4. The van der Waals surface area contributed by atoms with Crippen LogP contribution in [-0.2, 0) is 10.0 Å². The molecule has 1 aromatic carbocycles. The third-order valence-corrected chi connectivity index (χ3v) is 6.35. The van der Waals surface area contributed by atoms with Crippen LogP contribution in [-0.4, -0.2) is 37.0 Å². The molecule has 0 amide bonds. The average molecular weight is 339 g/mol. The molecule has 2 rings (SSSR count). The lowest BCUT2D eigenvalue weighted by molar-refractivity contribution is 0.0605. The van der Waals surface area contributed by atoms with E-state index in [1.54, 1.807) is 0 Å². The number of piperidine rings is 1. The van der Waals surface area contributed by atoms with Crippen LogP contribution >= 0.6 is 23.2 Å². The number of hydrogen-bond donors (Lipinski definition) is 2. The number of β-amino-alcohol motifs (C(OH)–C–C–N with tert-alkyl or cyclic N) is 1. The summed E-state index contributed by atoms with van der Waals surface area (Å²) in [6.07, 6.45) is -0.0805. The van der Waals surface area contributed by atoms with E-state index in [1.165, 1.54) is 16.4 Å². The van der Waals surface area contributed by atoms with Crippen LogP contribution in [0.1, 0.15) is 13.3 Å². The molecule has 1 aromatic rings. The summed E-state index contributed by atoms with van der Waals surface area (Å²) >= 11 is 11.8. The number of halogens is 2. The van der Waals surface area contributed by atoms with Gasteiger partial charge in [-0.3, -0.25) is 0 Å². The molecule has 3 N–H and O–H groups in total. The summed E-state index contributed by atoms with van der Waals surface area (Å²) in [6, 6.07) is 2.74. The number of nitrogens with zero attached hydrogens (tertiary/aromatic N) is 1. The van der Waals surface area contributed by atoms with Crippen molar-refractivity contribution in [2.45, 2.75) is 24.3 Å². The van der Waals surface area contributed by atoms with Crippen molar-refractivity contribution < 1.29 is 13.5 Å². The predicted molar refractivity (Wildman–Crippen MR) is 79.4 cm³/mol. The molecule has 1 aliphatic heterocycles. The monoisotopic (exact) mass is 338 g/mol.